The third kappa shape index (κ3) is 3.51. The lowest BCUT2D eigenvalue weighted by Gasteiger charge is -2.43. The van der Waals surface area contributed by atoms with Gasteiger partial charge in [0.2, 0.25) is 11.8 Å². The van der Waals surface area contributed by atoms with Gasteiger partial charge in [-0.3, -0.25) is 14.4 Å². The number of halogens is 1. The van der Waals surface area contributed by atoms with Crippen LogP contribution < -0.4 is 15.2 Å². The number of carbonyl (C=O) groups excluding carboxylic acids is 2. The summed E-state index contributed by atoms with van der Waals surface area (Å²) in [5, 5.41) is 0.431. The highest BCUT2D eigenvalue weighted by Gasteiger charge is 2.41. The maximum Gasteiger partial charge on any atom is 0.250 e. The van der Waals surface area contributed by atoms with Crippen LogP contribution in [0.2, 0.25) is 5.02 Å². The summed E-state index contributed by atoms with van der Waals surface area (Å²) in [5.74, 6) is 0.558. The molecule has 3 atom stereocenters. The number of anilines is 1. The Morgan fingerprint density at radius 1 is 1.10 bits per heavy atom. The van der Waals surface area contributed by atoms with Gasteiger partial charge in [0, 0.05) is 56.0 Å². The Kier molecular flexibility index (Phi) is 5.01. The number of hydrogen-bond donors (Lipinski definition) is 0. The lowest BCUT2D eigenvalue weighted by atomic mass is 9.82. The maximum atomic E-state index is 13.3. The average Bonchev–Trinajstić information content (AvgIpc) is 3.15. The molecule has 2 aromatic rings. The van der Waals surface area contributed by atoms with E-state index >= 15 is 0 Å². The van der Waals surface area contributed by atoms with Crippen LogP contribution in [0.1, 0.15) is 24.5 Å². The molecule has 1 aromatic heterocycles. The second-order valence-corrected chi connectivity index (χ2v) is 9.07. The van der Waals surface area contributed by atoms with E-state index in [2.05, 4.69) is 0 Å². The monoisotopic (exact) mass is 441 g/mol. The van der Waals surface area contributed by atoms with Gasteiger partial charge in [-0.25, -0.2) is 0 Å². The van der Waals surface area contributed by atoms with Gasteiger partial charge in [0.25, 0.3) is 5.56 Å². The van der Waals surface area contributed by atoms with Gasteiger partial charge < -0.3 is 19.1 Å². The number of aromatic nitrogens is 1. The van der Waals surface area contributed by atoms with Gasteiger partial charge >= 0.3 is 0 Å². The van der Waals surface area contributed by atoms with E-state index in [-0.39, 0.29) is 41.5 Å². The summed E-state index contributed by atoms with van der Waals surface area (Å²) < 4.78 is 7.04. The standard InChI is InChI=1S/C23H24ClN3O4/c1-31-20-6-5-17(9-18(20)24)26-13-16(8-22(26)29)23(30)25-10-14-7-15(12-25)19-3-2-4-21(28)27(19)11-14/h2-6,9,14-16H,7-8,10-13H2,1H3/t14-,15-,16?/m1/s1. The summed E-state index contributed by atoms with van der Waals surface area (Å²) >= 11 is 6.22. The molecule has 3 aliphatic rings. The van der Waals surface area contributed by atoms with Crippen LogP contribution >= 0.6 is 11.6 Å². The summed E-state index contributed by atoms with van der Waals surface area (Å²) in [6.07, 6.45) is 1.19. The second-order valence-electron chi connectivity index (χ2n) is 8.67. The minimum atomic E-state index is -0.370. The van der Waals surface area contributed by atoms with Gasteiger partial charge in [0.05, 0.1) is 18.1 Å². The van der Waals surface area contributed by atoms with Gasteiger partial charge in [-0.1, -0.05) is 17.7 Å². The molecule has 5 rings (SSSR count). The number of pyridine rings is 1. The van der Waals surface area contributed by atoms with E-state index in [1.165, 1.54) is 0 Å². The van der Waals surface area contributed by atoms with Crippen molar-refractivity contribution in [2.45, 2.75) is 25.3 Å². The van der Waals surface area contributed by atoms with Crippen molar-refractivity contribution in [3.8, 4) is 5.75 Å². The molecule has 0 aliphatic carbocycles. The highest BCUT2D eigenvalue weighted by Crippen LogP contribution is 2.37. The quantitative estimate of drug-likeness (QED) is 0.733. The molecule has 2 bridgehead atoms. The van der Waals surface area contributed by atoms with Gasteiger partial charge in [-0.15, -0.1) is 0 Å². The minimum Gasteiger partial charge on any atom is -0.495 e. The van der Waals surface area contributed by atoms with E-state index in [0.29, 0.717) is 42.6 Å². The van der Waals surface area contributed by atoms with Crippen molar-refractivity contribution in [2.75, 3.05) is 31.6 Å². The number of likely N-dealkylation sites (tertiary alicyclic amines) is 1. The number of benzene rings is 1. The predicted octanol–water partition coefficient (Wildman–Crippen LogP) is 2.51. The third-order valence-corrected chi connectivity index (χ3v) is 7.01. The molecule has 1 aromatic carbocycles. The van der Waals surface area contributed by atoms with E-state index in [0.717, 1.165) is 12.1 Å². The summed E-state index contributed by atoms with van der Waals surface area (Å²) in [5.41, 5.74) is 1.72. The zero-order chi connectivity index (χ0) is 21.7. The predicted molar refractivity (Wildman–Crippen MR) is 117 cm³/mol. The molecule has 7 nitrogen and oxygen atoms in total. The fourth-order valence-electron chi connectivity index (χ4n) is 5.28. The van der Waals surface area contributed by atoms with Crippen molar-refractivity contribution in [1.29, 1.82) is 0 Å². The van der Waals surface area contributed by atoms with Crippen LogP contribution in [-0.2, 0) is 16.1 Å². The maximum absolute atomic E-state index is 13.3. The fraction of sp³-hybridized carbons (Fsp3) is 0.435. The van der Waals surface area contributed by atoms with Crippen molar-refractivity contribution >= 4 is 29.1 Å². The average molecular weight is 442 g/mol. The molecule has 0 radical (unpaired) electrons. The number of carbonyl (C=O) groups is 2. The van der Waals surface area contributed by atoms with Crippen molar-refractivity contribution in [3.63, 3.8) is 0 Å². The molecule has 162 valence electrons. The van der Waals surface area contributed by atoms with Gasteiger partial charge in [-0.05, 0) is 36.6 Å². The van der Waals surface area contributed by atoms with E-state index in [1.54, 1.807) is 42.3 Å². The number of hydrogen-bond acceptors (Lipinski definition) is 4. The van der Waals surface area contributed by atoms with E-state index in [1.807, 2.05) is 15.5 Å². The highest BCUT2D eigenvalue weighted by atomic mass is 35.5. The molecule has 31 heavy (non-hydrogen) atoms. The highest BCUT2D eigenvalue weighted by molar-refractivity contribution is 6.32. The van der Waals surface area contributed by atoms with Crippen LogP contribution in [0.4, 0.5) is 5.69 Å². The van der Waals surface area contributed by atoms with Crippen LogP contribution in [0.3, 0.4) is 0 Å². The molecule has 0 spiro atoms. The normalized spacial score (nSPS) is 24.8. The Bertz CT molecular complexity index is 1110. The molecule has 1 unspecified atom stereocenters. The minimum absolute atomic E-state index is 0.0249. The molecule has 4 heterocycles. The number of nitrogens with zero attached hydrogens (tertiary/aromatic N) is 3. The lowest BCUT2D eigenvalue weighted by Crippen LogP contribution is -2.50. The van der Waals surface area contributed by atoms with Crippen LogP contribution in [0.15, 0.2) is 41.2 Å². The van der Waals surface area contributed by atoms with E-state index in [4.69, 9.17) is 16.3 Å². The Morgan fingerprint density at radius 3 is 2.71 bits per heavy atom. The Balaban J connectivity index is 1.32. The molecule has 2 amide bonds. The summed E-state index contributed by atoms with van der Waals surface area (Å²) in [6, 6.07) is 10.6. The van der Waals surface area contributed by atoms with Crippen LogP contribution in [0, 0.1) is 11.8 Å². The Hall–Kier alpha value is -2.80. The Morgan fingerprint density at radius 2 is 1.94 bits per heavy atom. The molecule has 3 aliphatic heterocycles. The largest absolute Gasteiger partial charge is 0.495 e. The second kappa shape index (κ2) is 7.71. The van der Waals surface area contributed by atoms with Gasteiger partial charge in [0.1, 0.15) is 5.75 Å². The first-order valence-electron chi connectivity index (χ1n) is 10.6. The molecular formula is C23H24ClN3O4. The SMILES string of the molecule is COc1ccc(N2CC(C(=O)N3C[C@H]4C[C@H](C3)c3cccc(=O)n3C4)CC2=O)cc1Cl. The first kappa shape index (κ1) is 20.1. The molecule has 2 fully saturated rings. The van der Waals surface area contributed by atoms with Gasteiger partial charge in [-0.2, -0.15) is 0 Å². The first-order chi connectivity index (χ1) is 14.9. The topological polar surface area (TPSA) is 71.8 Å². The van der Waals surface area contributed by atoms with Crippen LogP contribution in [0.5, 0.6) is 5.75 Å². The molecule has 8 heteroatoms. The molecule has 0 N–H and O–H groups in total. The Labute approximate surface area is 185 Å². The number of amides is 2. The molecular weight excluding hydrogens is 418 g/mol. The third-order valence-electron chi connectivity index (χ3n) is 6.71. The molecule has 2 saturated heterocycles. The van der Waals surface area contributed by atoms with Crippen LogP contribution in [-0.4, -0.2) is 48.0 Å². The van der Waals surface area contributed by atoms with Crippen molar-refractivity contribution < 1.29 is 14.3 Å². The zero-order valence-corrected chi connectivity index (χ0v) is 18.0. The van der Waals surface area contributed by atoms with E-state index < -0.39 is 0 Å². The summed E-state index contributed by atoms with van der Waals surface area (Å²) in [4.78, 5) is 41.8. The molecule has 0 saturated carbocycles. The zero-order valence-electron chi connectivity index (χ0n) is 17.3. The fourth-order valence-corrected chi connectivity index (χ4v) is 5.53. The summed E-state index contributed by atoms with van der Waals surface area (Å²) in [6.45, 7) is 2.23. The van der Waals surface area contributed by atoms with Crippen molar-refractivity contribution in [3.05, 3.63) is 57.5 Å². The van der Waals surface area contributed by atoms with E-state index in [9.17, 15) is 14.4 Å². The van der Waals surface area contributed by atoms with Crippen LogP contribution in [0.25, 0.3) is 0 Å². The number of ether oxygens (including phenoxy) is 1. The number of piperidine rings is 1. The van der Waals surface area contributed by atoms with Crippen molar-refractivity contribution in [2.24, 2.45) is 11.8 Å². The number of methoxy groups -OCH3 is 1. The summed E-state index contributed by atoms with van der Waals surface area (Å²) in [7, 11) is 1.54. The number of fused-ring (bicyclic) bond motifs is 4. The first-order valence-corrected chi connectivity index (χ1v) is 10.9. The van der Waals surface area contributed by atoms with Gasteiger partial charge in [0.15, 0.2) is 0 Å². The number of rotatable bonds is 3. The smallest absolute Gasteiger partial charge is 0.250 e. The van der Waals surface area contributed by atoms with Crippen molar-refractivity contribution in [1.82, 2.24) is 9.47 Å². The lowest BCUT2D eigenvalue weighted by molar-refractivity contribution is -0.138.